The van der Waals surface area contributed by atoms with Crippen molar-refractivity contribution in [3.63, 3.8) is 0 Å². The fourth-order valence-corrected chi connectivity index (χ4v) is 1.73. The van der Waals surface area contributed by atoms with E-state index < -0.39 is 6.10 Å². The maximum atomic E-state index is 9.80. The first-order chi connectivity index (χ1) is 7.84. The molecule has 0 aliphatic heterocycles. The molecular weight excluding hydrogens is 200 g/mol. The maximum Gasteiger partial charge on any atom is 0.156 e. The molecule has 0 saturated heterocycles. The molecule has 0 fully saturated rings. The summed E-state index contributed by atoms with van der Waals surface area (Å²) in [7, 11) is 0. The van der Waals surface area contributed by atoms with Crippen molar-refractivity contribution in [2.45, 2.75) is 58.0 Å². The molecule has 1 heterocycles. The van der Waals surface area contributed by atoms with Crippen molar-refractivity contribution in [1.29, 1.82) is 0 Å². The summed E-state index contributed by atoms with van der Waals surface area (Å²) in [6, 6.07) is 1.76. The first-order valence-electron chi connectivity index (χ1n) is 6.29. The van der Waals surface area contributed by atoms with Crippen LogP contribution in [-0.4, -0.2) is 15.1 Å². The highest BCUT2D eigenvalue weighted by Gasteiger charge is 2.08. The first kappa shape index (κ1) is 13.1. The molecule has 1 aromatic heterocycles. The van der Waals surface area contributed by atoms with Gasteiger partial charge in [-0.2, -0.15) is 0 Å². The number of unbranched alkanes of at least 4 members (excludes halogenated alkanes) is 5. The average Bonchev–Trinajstić information content (AvgIpc) is 2.34. The van der Waals surface area contributed by atoms with E-state index in [-0.39, 0.29) is 0 Å². The normalized spacial score (nSPS) is 12.6. The summed E-state index contributed by atoms with van der Waals surface area (Å²) in [6.07, 6.45) is 11.1. The van der Waals surface area contributed by atoms with Crippen LogP contribution < -0.4 is 0 Å². The van der Waals surface area contributed by atoms with E-state index in [9.17, 15) is 5.11 Å². The van der Waals surface area contributed by atoms with Crippen LogP contribution >= 0.6 is 0 Å². The highest BCUT2D eigenvalue weighted by atomic mass is 16.3. The van der Waals surface area contributed by atoms with Crippen molar-refractivity contribution in [1.82, 2.24) is 9.97 Å². The molecule has 1 atom stereocenters. The van der Waals surface area contributed by atoms with Gasteiger partial charge in [-0.05, 0) is 12.5 Å². The van der Waals surface area contributed by atoms with Gasteiger partial charge in [0.1, 0.15) is 6.10 Å². The summed E-state index contributed by atoms with van der Waals surface area (Å²) in [6.45, 7) is 2.22. The van der Waals surface area contributed by atoms with Crippen molar-refractivity contribution < 1.29 is 5.11 Å². The molecule has 0 aromatic carbocycles. The monoisotopic (exact) mass is 222 g/mol. The van der Waals surface area contributed by atoms with Crippen molar-refractivity contribution in [3.8, 4) is 0 Å². The topological polar surface area (TPSA) is 46.0 Å². The van der Waals surface area contributed by atoms with E-state index in [0.717, 1.165) is 12.8 Å². The second-order valence-corrected chi connectivity index (χ2v) is 4.18. The van der Waals surface area contributed by atoms with Gasteiger partial charge >= 0.3 is 0 Å². The minimum atomic E-state index is -0.493. The number of aliphatic hydroxyl groups is 1. The van der Waals surface area contributed by atoms with E-state index in [0.29, 0.717) is 5.82 Å². The summed E-state index contributed by atoms with van der Waals surface area (Å²) < 4.78 is 0. The lowest BCUT2D eigenvalue weighted by molar-refractivity contribution is 0.153. The lowest BCUT2D eigenvalue weighted by Gasteiger charge is -2.08. The van der Waals surface area contributed by atoms with Crippen LogP contribution in [0.15, 0.2) is 18.5 Å². The van der Waals surface area contributed by atoms with E-state index in [1.807, 2.05) is 0 Å². The molecule has 1 aromatic rings. The minimum absolute atomic E-state index is 0.493. The molecule has 0 saturated carbocycles. The molecule has 90 valence electrons. The molecule has 1 unspecified atom stereocenters. The summed E-state index contributed by atoms with van der Waals surface area (Å²) >= 11 is 0. The van der Waals surface area contributed by atoms with Crippen LogP contribution in [0.2, 0.25) is 0 Å². The maximum absolute atomic E-state index is 9.80. The highest BCUT2D eigenvalue weighted by Crippen LogP contribution is 2.16. The van der Waals surface area contributed by atoms with E-state index >= 15 is 0 Å². The molecular formula is C13H22N2O. The number of nitrogens with zero attached hydrogens (tertiary/aromatic N) is 2. The number of aromatic nitrogens is 2. The predicted octanol–water partition coefficient (Wildman–Crippen LogP) is 3.26. The highest BCUT2D eigenvalue weighted by molar-refractivity contribution is 4.92. The fourth-order valence-electron chi connectivity index (χ4n) is 1.73. The molecule has 0 aliphatic carbocycles. The van der Waals surface area contributed by atoms with E-state index in [1.165, 1.54) is 32.1 Å². The Hall–Kier alpha value is -0.960. The Morgan fingerprint density at radius 2 is 1.69 bits per heavy atom. The lowest BCUT2D eigenvalue weighted by atomic mass is 10.1. The van der Waals surface area contributed by atoms with Crippen LogP contribution in [-0.2, 0) is 0 Å². The Morgan fingerprint density at radius 1 is 1.06 bits per heavy atom. The lowest BCUT2D eigenvalue weighted by Crippen LogP contribution is -2.02. The van der Waals surface area contributed by atoms with Crippen LogP contribution in [0.25, 0.3) is 0 Å². The minimum Gasteiger partial charge on any atom is -0.385 e. The summed E-state index contributed by atoms with van der Waals surface area (Å²) in [5.41, 5.74) is 0. The molecule has 0 aliphatic rings. The quantitative estimate of drug-likeness (QED) is 0.687. The number of hydrogen-bond donors (Lipinski definition) is 1. The smallest absolute Gasteiger partial charge is 0.156 e. The third-order valence-electron chi connectivity index (χ3n) is 2.71. The molecule has 0 amide bonds. The molecule has 1 rings (SSSR count). The van der Waals surface area contributed by atoms with Gasteiger partial charge in [-0.1, -0.05) is 45.4 Å². The largest absolute Gasteiger partial charge is 0.385 e. The average molecular weight is 222 g/mol. The Bertz CT molecular complexity index is 264. The van der Waals surface area contributed by atoms with Gasteiger partial charge in [0.15, 0.2) is 5.82 Å². The Balaban J connectivity index is 2.09. The van der Waals surface area contributed by atoms with E-state index in [1.54, 1.807) is 18.5 Å². The van der Waals surface area contributed by atoms with Crippen LogP contribution in [0.4, 0.5) is 0 Å². The third-order valence-corrected chi connectivity index (χ3v) is 2.71. The fraction of sp³-hybridized carbons (Fsp3) is 0.692. The van der Waals surface area contributed by atoms with Gasteiger partial charge in [0.25, 0.3) is 0 Å². The van der Waals surface area contributed by atoms with Gasteiger partial charge in [0.2, 0.25) is 0 Å². The van der Waals surface area contributed by atoms with Gasteiger partial charge in [-0.25, -0.2) is 9.97 Å². The molecule has 3 nitrogen and oxygen atoms in total. The second-order valence-electron chi connectivity index (χ2n) is 4.18. The van der Waals surface area contributed by atoms with Crippen molar-refractivity contribution in [3.05, 3.63) is 24.3 Å². The van der Waals surface area contributed by atoms with Crippen molar-refractivity contribution in [2.24, 2.45) is 0 Å². The van der Waals surface area contributed by atoms with Gasteiger partial charge in [-0.15, -0.1) is 0 Å². The molecule has 3 heteroatoms. The van der Waals surface area contributed by atoms with Gasteiger partial charge < -0.3 is 5.11 Å². The van der Waals surface area contributed by atoms with Crippen LogP contribution in [0, 0.1) is 0 Å². The van der Waals surface area contributed by atoms with E-state index in [4.69, 9.17) is 0 Å². The number of aliphatic hydroxyl groups excluding tert-OH is 1. The van der Waals surface area contributed by atoms with Crippen molar-refractivity contribution in [2.75, 3.05) is 0 Å². The number of hydrogen-bond acceptors (Lipinski definition) is 3. The third kappa shape index (κ3) is 5.21. The Labute approximate surface area is 97.9 Å². The Kier molecular flexibility index (Phi) is 6.74. The van der Waals surface area contributed by atoms with Crippen LogP contribution in [0.1, 0.15) is 63.8 Å². The zero-order valence-electron chi connectivity index (χ0n) is 10.1. The Morgan fingerprint density at radius 3 is 2.38 bits per heavy atom. The predicted molar refractivity (Wildman–Crippen MR) is 65.0 cm³/mol. The first-order valence-corrected chi connectivity index (χ1v) is 6.29. The SMILES string of the molecule is CCCCCCCCC(O)c1ncccn1. The number of rotatable bonds is 8. The molecule has 1 N–H and O–H groups in total. The second kappa shape index (κ2) is 8.22. The van der Waals surface area contributed by atoms with E-state index in [2.05, 4.69) is 16.9 Å². The molecule has 0 spiro atoms. The summed E-state index contributed by atoms with van der Waals surface area (Å²) in [4.78, 5) is 8.09. The van der Waals surface area contributed by atoms with Crippen LogP contribution in [0.5, 0.6) is 0 Å². The molecule has 0 radical (unpaired) electrons. The zero-order chi connectivity index (χ0) is 11.6. The molecule has 0 bridgehead atoms. The van der Waals surface area contributed by atoms with Gasteiger partial charge in [-0.3, -0.25) is 0 Å². The van der Waals surface area contributed by atoms with Gasteiger partial charge in [0, 0.05) is 12.4 Å². The summed E-state index contributed by atoms with van der Waals surface area (Å²) in [5, 5.41) is 9.80. The standard InChI is InChI=1S/C13H22N2O/c1-2-3-4-5-6-7-9-12(16)13-14-10-8-11-15-13/h8,10-12,16H,2-7,9H2,1H3. The summed E-state index contributed by atoms with van der Waals surface area (Å²) in [5.74, 6) is 0.552. The van der Waals surface area contributed by atoms with Crippen LogP contribution in [0.3, 0.4) is 0 Å². The van der Waals surface area contributed by atoms with Crippen molar-refractivity contribution >= 4 is 0 Å². The zero-order valence-corrected chi connectivity index (χ0v) is 10.1. The molecule has 16 heavy (non-hydrogen) atoms. The van der Waals surface area contributed by atoms with Gasteiger partial charge in [0.05, 0.1) is 0 Å².